The van der Waals surface area contributed by atoms with Gasteiger partial charge in [-0.3, -0.25) is 4.79 Å². The van der Waals surface area contributed by atoms with Crippen molar-refractivity contribution in [1.82, 2.24) is 0 Å². The molecule has 0 bridgehead atoms. The first kappa shape index (κ1) is 11.6. The second kappa shape index (κ2) is 4.87. The van der Waals surface area contributed by atoms with Crippen LogP contribution in [0, 0.1) is 0 Å². The van der Waals surface area contributed by atoms with E-state index >= 15 is 0 Å². The van der Waals surface area contributed by atoms with Crippen LogP contribution in [0.3, 0.4) is 0 Å². The van der Waals surface area contributed by atoms with E-state index in [-0.39, 0.29) is 15.6 Å². The summed E-state index contributed by atoms with van der Waals surface area (Å²) in [6, 6.07) is 2.85. The summed E-state index contributed by atoms with van der Waals surface area (Å²) in [5.74, 6) is 0.373. The van der Waals surface area contributed by atoms with E-state index < -0.39 is 5.24 Å². The van der Waals surface area contributed by atoms with Crippen LogP contribution in [-0.4, -0.2) is 11.8 Å². The zero-order chi connectivity index (χ0) is 10.7. The molecule has 14 heavy (non-hydrogen) atoms. The van der Waals surface area contributed by atoms with Gasteiger partial charge in [0.15, 0.2) is 5.75 Å². The number of halogens is 3. The number of hydrogen-bond donors (Lipinski definition) is 0. The van der Waals surface area contributed by atoms with Crippen molar-refractivity contribution >= 4 is 40.0 Å². The van der Waals surface area contributed by atoms with E-state index in [1.165, 1.54) is 12.1 Å². The average molecular weight is 254 g/mol. The van der Waals surface area contributed by atoms with Gasteiger partial charge in [0.05, 0.1) is 16.7 Å². The Hall–Kier alpha value is -0.440. The Morgan fingerprint density at radius 1 is 1.36 bits per heavy atom. The van der Waals surface area contributed by atoms with Crippen LogP contribution in [0.1, 0.15) is 17.3 Å². The number of ether oxygens (including phenoxy) is 1. The molecule has 0 unspecified atom stereocenters. The molecule has 0 N–H and O–H groups in total. The number of rotatable bonds is 3. The van der Waals surface area contributed by atoms with Crippen molar-refractivity contribution in [3.8, 4) is 5.75 Å². The highest BCUT2D eigenvalue weighted by molar-refractivity contribution is 6.68. The van der Waals surface area contributed by atoms with Gasteiger partial charge in [-0.1, -0.05) is 23.2 Å². The maximum Gasteiger partial charge on any atom is 0.252 e. The molecule has 0 heterocycles. The van der Waals surface area contributed by atoms with Gasteiger partial charge in [-0.15, -0.1) is 0 Å². The molecule has 0 saturated heterocycles. The van der Waals surface area contributed by atoms with Gasteiger partial charge in [0.25, 0.3) is 5.24 Å². The average Bonchev–Trinajstić information content (AvgIpc) is 2.10. The molecule has 0 aromatic heterocycles. The van der Waals surface area contributed by atoms with E-state index in [0.29, 0.717) is 12.4 Å². The second-order valence-electron chi connectivity index (χ2n) is 2.48. The van der Waals surface area contributed by atoms with Crippen LogP contribution < -0.4 is 4.74 Å². The molecule has 0 radical (unpaired) electrons. The highest BCUT2D eigenvalue weighted by Crippen LogP contribution is 2.34. The van der Waals surface area contributed by atoms with Crippen molar-refractivity contribution in [2.24, 2.45) is 0 Å². The van der Waals surface area contributed by atoms with Gasteiger partial charge < -0.3 is 4.74 Å². The van der Waals surface area contributed by atoms with Crippen molar-refractivity contribution < 1.29 is 9.53 Å². The van der Waals surface area contributed by atoms with E-state index in [2.05, 4.69) is 0 Å². The van der Waals surface area contributed by atoms with Crippen molar-refractivity contribution in [2.75, 3.05) is 6.61 Å². The fourth-order valence-electron chi connectivity index (χ4n) is 0.956. The summed E-state index contributed by atoms with van der Waals surface area (Å²) < 4.78 is 5.18. The minimum atomic E-state index is -0.600. The lowest BCUT2D eigenvalue weighted by Crippen LogP contribution is -1.96. The van der Waals surface area contributed by atoms with Gasteiger partial charge in [0.2, 0.25) is 0 Å². The molecule has 1 aromatic rings. The summed E-state index contributed by atoms with van der Waals surface area (Å²) in [6.07, 6.45) is 0. The van der Waals surface area contributed by atoms with Crippen LogP contribution in [-0.2, 0) is 0 Å². The quantitative estimate of drug-likeness (QED) is 0.767. The van der Waals surface area contributed by atoms with E-state index in [1.807, 2.05) is 6.92 Å². The lowest BCUT2D eigenvalue weighted by molar-refractivity contribution is 0.108. The molecule has 0 saturated carbocycles. The molecule has 0 amide bonds. The lowest BCUT2D eigenvalue weighted by Gasteiger charge is -2.08. The number of carbonyl (C=O) groups is 1. The Morgan fingerprint density at radius 3 is 2.21 bits per heavy atom. The van der Waals surface area contributed by atoms with E-state index in [1.54, 1.807) is 0 Å². The second-order valence-corrected chi connectivity index (χ2v) is 3.63. The molecule has 0 aliphatic carbocycles. The van der Waals surface area contributed by atoms with Gasteiger partial charge in [-0.25, -0.2) is 0 Å². The molecule has 2 nitrogen and oxygen atoms in total. The standard InChI is InChI=1S/C9H7Cl3O2/c1-2-14-8-6(10)3-5(9(12)13)4-7(8)11/h3-4H,2H2,1H3. The largest absolute Gasteiger partial charge is 0.491 e. The third-order valence-electron chi connectivity index (χ3n) is 1.51. The van der Waals surface area contributed by atoms with Crippen molar-refractivity contribution in [3.63, 3.8) is 0 Å². The Kier molecular flexibility index (Phi) is 4.05. The first-order valence-corrected chi connectivity index (χ1v) is 5.01. The SMILES string of the molecule is CCOc1c(Cl)cc(C(=O)Cl)cc1Cl. The van der Waals surface area contributed by atoms with E-state index in [4.69, 9.17) is 39.5 Å². The smallest absolute Gasteiger partial charge is 0.252 e. The van der Waals surface area contributed by atoms with Gasteiger partial charge in [0, 0.05) is 5.56 Å². The zero-order valence-electron chi connectivity index (χ0n) is 7.31. The Balaban J connectivity index is 3.18. The van der Waals surface area contributed by atoms with Crippen molar-refractivity contribution in [1.29, 1.82) is 0 Å². The Morgan fingerprint density at radius 2 is 1.86 bits per heavy atom. The minimum absolute atomic E-state index is 0.255. The van der Waals surface area contributed by atoms with Gasteiger partial charge in [-0.2, -0.15) is 0 Å². The zero-order valence-corrected chi connectivity index (χ0v) is 9.58. The first-order valence-electron chi connectivity index (χ1n) is 3.88. The first-order chi connectivity index (χ1) is 6.56. The molecular weight excluding hydrogens is 246 g/mol. The molecule has 0 fully saturated rings. The highest BCUT2D eigenvalue weighted by atomic mass is 35.5. The van der Waals surface area contributed by atoms with Crippen LogP contribution in [0.2, 0.25) is 10.0 Å². The summed E-state index contributed by atoms with van der Waals surface area (Å²) in [5.41, 5.74) is 0.255. The maximum absolute atomic E-state index is 10.8. The Bertz CT molecular complexity index is 340. The summed E-state index contributed by atoms with van der Waals surface area (Å²) in [6.45, 7) is 2.26. The van der Waals surface area contributed by atoms with Gasteiger partial charge in [0.1, 0.15) is 0 Å². The molecule has 5 heteroatoms. The predicted molar refractivity (Wildman–Crippen MR) is 57.8 cm³/mol. The lowest BCUT2D eigenvalue weighted by atomic mass is 10.2. The summed E-state index contributed by atoms with van der Waals surface area (Å²) in [7, 11) is 0. The molecule has 0 aliphatic heterocycles. The third-order valence-corrected chi connectivity index (χ3v) is 2.29. The molecule has 0 spiro atoms. The van der Waals surface area contributed by atoms with Crippen LogP contribution in [0.5, 0.6) is 5.75 Å². The summed E-state index contributed by atoms with van der Waals surface area (Å²) >= 11 is 17.0. The van der Waals surface area contributed by atoms with E-state index in [9.17, 15) is 4.79 Å². The molecule has 0 aliphatic rings. The number of carbonyl (C=O) groups excluding carboxylic acids is 1. The third kappa shape index (κ3) is 2.53. The molecule has 0 atom stereocenters. The maximum atomic E-state index is 10.8. The van der Waals surface area contributed by atoms with Crippen LogP contribution in [0.25, 0.3) is 0 Å². The van der Waals surface area contributed by atoms with Crippen LogP contribution in [0.4, 0.5) is 0 Å². The molecule has 1 rings (SSSR count). The monoisotopic (exact) mass is 252 g/mol. The van der Waals surface area contributed by atoms with Gasteiger partial charge in [-0.05, 0) is 30.7 Å². The molecular formula is C9H7Cl3O2. The van der Waals surface area contributed by atoms with Crippen LogP contribution >= 0.6 is 34.8 Å². The highest BCUT2D eigenvalue weighted by Gasteiger charge is 2.12. The summed E-state index contributed by atoms with van der Waals surface area (Å²) in [5, 5.41) is -0.0384. The fraction of sp³-hybridized carbons (Fsp3) is 0.222. The Labute approximate surface area is 96.7 Å². The van der Waals surface area contributed by atoms with Gasteiger partial charge >= 0.3 is 0 Å². The summed E-state index contributed by atoms with van der Waals surface area (Å²) in [4.78, 5) is 10.8. The van der Waals surface area contributed by atoms with E-state index in [0.717, 1.165) is 0 Å². The number of benzene rings is 1. The molecule has 1 aromatic carbocycles. The van der Waals surface area contributed by atoms with Crippen molar-refractivity contribution in [2.45, 2.75) is 6.92 Å². The van der Waals surface area contributed by atoms with Crippen LogP contribution in [0.15, 0.2) is 12.1 Å². The minimum Gasteiger partial charge on any atom is -0.491 e. The normalized spacial score (nSPS) is 10.0. The van der Waals surface area contributed by atoms with Crippen molar-refractivity contribution in [3.05, 3.63) is 27.7 Å². The molecule has 76 valence electrons. The predicted octanol–water partition coefficient (Wildman–Crippen LogP) is 3.77. The fourth-order valence-corrected chi connectivity index (χ4v) is 1.66. The topological polar surface area (TPSA) is 26.3 Å². The number of hydrogen-bond acceptors (Lipinski definition) is 2.